The number of methoxy groups -OCH3 is 1. The van der Waals surface area contributed by atoms with E-state index < -0.39 is 0 Å². The Morgan fingerprint density at radius 3 is 2.57 bits per heavy atom. The zero-order valence-corrected chi connectivity index (χ0v) is 9.18. The maximum atomic E-state index is 11.0. The van der Waals surface area contributed by atoms with Gasteiger partial charge in [0.05, 0.1) is 7.11 Å². The summed E-state index contributed by atoms with van der Waals surface area (Å²) in [5.41, 5.74) is 1.27. The summed E-state index contributed by atoms with van der Waals surface area (Å²) in [6.07, 6.45) is 4.10. The summed E-state index contributed by atoms with van der Waals surface area (Å²) < 4.78 is 4.63. The lowest BCUT2D eigenvalue weighted by atomic mass is 9.83. The summed E-state index contributed by atoms with van der Waals surface area (Å²) in [4.78, 5) is 13.4. The smallest absolute Gasteiger partial charge is 0.330 e. The third-order valence-corrected chi connectivity index (χ3v) is 3.02. The van der Waals surface area contributed by atoms with Crippen LogP contribution in [0.5, 0.6) is 0 Å². The van der Waals surface area contributed by atoms with Crippen molar-refractivity contribution in [3.63, 3.8) is 0 Å². The molecule has 3 aliphatic heterocycles. The molecule has 0 saturated carbocycles. The molecule has 0 aromatic carbocycles. The zero-order chi connectivity index (χ0) is 9.26. The fraction of sp³-hybridized carbons (Fsp3) is 0.700. The quantitative estimate of drug-likeness (QED) is 0.489. The molecule has 0 aromatic rings. The Bertz CT molecular complexity index is 245. The van der Waals surface area contributed by atoms with E-state index in [2.05, 4.69) is 9.64 Å². The lowest BCUT2D eigenvalue weighted by Crippen LogP contribution is -2.43. The van der Waals surface area contributed by atoms with Crippen molar-refractivity contribution >= 4 is 18.4 Å². The van der Waals surface area contributed by atoms with Crippen molar-refractivity contribution in [1.29, 1.82) is 0 Å². The Hall–Kier alpha value is -0.540. The molecule has 0 aromatic heterocycles. The van der Waals surface area contributed by atoms with Crippen LogP contribution in [0.15, 0.2) is 11.6 Å². The third kappa shape index (κ3) is 2.28. The van der Waals surface area contributed by atoms with Crippen LogP contribution in [-0.2, 0) is 9.53 Å². The third-order valence-electron chi connectivity index (χ3n) is 3.02. The molecule has 80 valence electrons. The second kappa shape index (κ2) is 4.80. The highest BCUT2D eigenvalue weighted by Gasteiger charge is 2.29. The Balaban J connectivity index is 0.000000980. The van der Waals surface area contributed by atoms with Gasteiger partial charge in [0, 0.05) is 12.6 Å². The maximum Gasteiger partial charge on any atom is 0.330 e. The number of carbonyl (C=O) groups is 1. The fourth-order valence-corrected chi connectivity index (χ4v) is 2.22. The van der Waals surface area contributed by atoms with Gasteiger partial charge in [-0.05, 0) is 37.4 Å². The van der Waals surface area contributed by atoms with Gasteiger partial charge >= 0.3 is 5.97 Å². The first-order chi connectivity index (χ1) is 6.29. The monoisotopic (exact) mass is 217 g/mol. The van der Waals surface area contributed by atoms with Crippen LogP contribution in [0.1, 0.15) is 12.8 Å². The van der Waals surface area contributed by atoms with Crippen molar-refractivity contribution in [2.24, 2.45) is 5.92 Å². The van der Waals surface area contributed by atoms with Crippen molar-refractivity contribution < 1.29 is 9.53 Å². The lowest BCUT2D eigenvalue weighted by molar-refractivity contribution is -0.135. The molecule has 0 amide bonds. The van der Waals surface area contributed by atoms with Gasteiger partial charge in [-0.3, -0.25) is 4.90 Å². The number of fused-ring (bicyclic) bond motifs is 3. The van der Waals surface area contributed by atoms with Gasteiger partial charge in [-0.2, -0.15) is 0 Å². The average Bonchev–Trinajstić information content (AvgIpc) is 2.19. The van der Waals surface area contributed by atoms with E-state index in [1.165, 1.54) is 38.6 Å². The van der Waals surface area contributed by atoms with Gasteiger partial charge in [-0.1, -0.05) is 0 Å². The number of nitrogens with zero attached hydrogens (tertiary/aromatic N) is 1. The van der Waals surface area contributed by atoms with Crippen LogP contribution in [0.2, 0.25) is 0 Å². The first-order valence-corrected chi connectivity index (χ1v) is 4.80. The van der Waals surface area contributed by atoms with Crippen LogP contribution in [0.3, 0.4) is 0 Å². The molecule has 2 bridgehead atoms. The van der Waals surface area contributed by atoms with E-state index in [1.807, 2.05) is 0 Å². The minimum absolute atomic E-state index is 0. The molecule has 3 nitrogen and oxygen atoms in total. The van der Waals surface area contributed by atoms with Crippen molar-refractivity contribution in [1.82, 2.24) is 4.90 Å². The van der Waals surface area contributed by atoms with Gasteiger partial charge in [0.2, 0.25) is 0 Å². The number of halogens is 1. The number of rotatable bonds is 1. The molecule has 0 aliphatic carbocycles. The number of esters is 1. The molecular formula is C10H16ClNO2. The SMILES string of the molecule is COC(=O)/C=C1\CN2CCC1CC2.Cl. The minimum atomic E-state index is -0.205. The molecule has 3 aliphatic rings. The van der Waals surface area contributed by atoms with Crippen LogP contribution in [-0.4, -0.2) is 37.6 Å². The van der Waals surface area contributed by atoms with Crippen LogP contribution in [0, 0.1) is 5.92 Å². The van der Waals surface area contributed by atoms with Gasteiger partial charge in [0.15, 0.2) is 0 Å². The number of piperidine rings is 3. The van der Waals surface area contributed by atoms with E-state index in [4.69, 9.17) is 0 Å². The van der Waals surface area contributed by atoms with Crippen molar-refractivity contribution in [2.45, 2.75) is 12.8 Å². The zero-order valence-electron chi connectivity index (χ0n) is 8.36. The molecule has 3 fully saturated rings. The molecular weight excluding hydrogens is 202 g/mol. The van der Waals surface area contributed by atoms with E-state index in [-0.39, 0.29) is 18.4 Å². The van der Waals surface area contributed by atoms with E-state index in [1.54, 1.807) is 6.08 Å². The first kappa shape index (κ1) is 11.5. The molecule has 14 heavy (non-hydrogen) atoms. The highest BCUT2D eigenvalue weighted by Crippen LogP contribution is 2.31. The second-order valence-electron chi connectivity index (χ2n) is 3.79. The largest absolute Gasteiger partial charge is 0.466 e. The molecule has 3 heterocycles. The Labute approximate surface area is 90.5 Å². The van der Waals surface area contributed by atoms with Gasteiger partial charge in [0.1, 0.15) is 0 Å². The van der Waals surface area contributed by atoms with Crippen molar-refractivity contribution in [3.05, 3.63) is 11.6 Å². The molecule has 0 unspecified atom stereocenters. The topological polar surface area (TPSA) is 29.5 Å². The number of ether oxygens (including phenoxy) is 1. The Morgan fingerprint density at radius 1 is 1.50 bits per heavy atom. The minimum Gasteiger partial charge on any atom is -0.466 e. The molecule has 3 rings (SSSR count). The van der Waals surface area contributed by atoms with Crippen LogP contribution in [0.4, 0.5) is 0 Å². The summed E-state index contributed by atoms with van der Waals surface area (Å²) in [5, 5.41) is 0. The molecule has 0 N–H and O–H groups in total. The first-order valence-electron chi connectivity index (χ1n) is 4.80. The second-order valence-corrected chi connectivity index (χ2v) is 3.79. The molecule has 0 radical (unpaired) electrons. The van der Waals surface area contributed by atoms with Crippen LogP contribution >= 0.6 is 12.4 Å². The Morgan fingerprint density at radius 2 is 2.14 bits per heavy atom. The predicted octanol–water partition coefficient (Wildman–Crippen LogP) is 1.23. The highest BCUT2D eigenvalue weighted by molar-refractivity contribution is 5.85. The Kier molecular flexibility index (Phi) is 3.96. The van der Waals surface area contributed by atoms with Gasteiger partial charge in [0.25, 0.3) is 0 Å². The maximum absolute atomic E-state index is 11.0. The molecule has 0 spiro atoms. The molecule has 4 heteroatoms. The summed E-state index contributed by atoms with van der Waals surface area (Å²) in [6, 6.07) is 0. The standard InChI is InChI=1S/C10H15NO2.ClH/c1-13-10(12)6-9-7-11-4-2-8(9)3-5-11;/h6,8H,2-5,7H2,1H3;1H/b9-6+;. The van der Waals surface area contributed by atoms with Crippen LogP contribution in [0.25, 0.3) is 0 Å². The van der Waals surface area contributed by atoms with Crippen LogP contribution < -0.4 is 0 Å². The normalized spacial score (nSPS) is 32.5. The molecule has 3 saturated heterocycles. The van der Waals surface area contributed by atoms with E-state index in [0.29, 0.717) is 5.92 Å². The predicted molar refractivity (Wildman–Crippen MR) is 56.5 cm³/mol. The summed E-state index contributed by atoms with van der Waals surface area (Å²) in [7, 11) is 1.43. The van der Waals surface area contributed by atoms with E-state index in [9.17, 15) is 4.79 Å². The van der Waals surface area contributed by atoms with Crippen molar-refractivity contribution in [2.75, 3.05) is 26.7 Å². The summed E-state index contributed by atoms with van der Waals surface area (Å²) in [5.74, 6) is 0.438. The summed E-state index contributed by atoms with van der Waals surface area (Å²) >= 11 is 0. The molecule has 0 atom stereocenters. The fourth-order valence-electron chi connectivity index (χ4n) is 2.22. The number of hydrogen-bond acceptors (Lipinski definition) is 3. The number of carbonyl (C=O) groups excluding carboxylic acids is 1. The summed E-state index contributed by atoms with van der Waals surface area (Å²) in [6.45, 7) is 3.37. The highest BCUT2D eigenvalue weighted by atomic mass is 35.5. The lowest BCUT2D eigenvalue weighted by Gasteiger charge is -2.40. The number of hydrogen-bond donors (Lipinski definition) is 0. The van der Waals surface area contributed by atoms with E-state index in [0.717, 1.165) is 6.54 Å². The average molecular weight is 218 g/mol. The van der Waals surface area contributed by atoms with Gasteiger partial charge < -0.3 is 4.74 Å². The van der Waals surface area contributed by atoms with E-state index >= 15 is 0 Å². The van der Waals surface area contributed by atoms with Crippen molar-refractivity contribution in [3.8, 4) is 0 Å². The van der Waals surface area contributed by atoms with Gasteiger partial charge in [-0.25, -0.2) is 4.79 Å². The van der Waals surface area contributed by atoms with Gasteiger partial charge in [-0.15, -0.1) is 12.4 Å².